The van der Waals surface area contributed by atoms with Crippen molar-refractivity contribution < 1.29 is 14.7 Å². The SMILES string of the molecule is Cc1ccc(C(C)NC(=O)N2C3CCC2C(C(=O)O)C3)s1. The van der Waals surface area contributed by atoms with E-state index in [1.165, 1.54) is 4.88 Å². The largest absolute Gasteiger partial charge is 0.481 e. The summed E-state index contributed by atoms with van der Waals surface area (Å²) in [5.41, 5.74) is 0. The van der Waals surface area contributed by atoms with E-state index in [-0.39, 0.29) is 24.2 Å². The van der Waals surface area contributed by atoms with Gasteiger partial charge in [0, 0.05) is 21.8 Å². The summed E-state index contributed by atoms with van der Waals surface area (Å²) in [5.74, 6) is -1.17. The van der Waals surface area contributed by atoms with Gasteiger partial charge in [-0.3, -0.25) is 4.79 Å². The van der Waals surface area contributed by atoms with Crippen LogP contribution in [-0.2, 0) is 4.79 Å². The number of hydrogen-bond acceptors (Lipinski definition) is 3. The highest BCUT2D eigenvalue weighted by molar-refractivity contribution is 7.12. The van der Waals surface area contributed by atoms with Crippen molar-refractivity contribution in [2.75, 3.05) is 0 Å². The zero-order valence-corrected chi connectivity index (χ0v) is 13.0. The van der Waals surface area contributed by atoms with Gasteiger partial charge in [0.15, 0.2) is 0 Å². The molecule has 0 aromatic carbocycles. The van der Waals surface area contributed by atoms with E-state index < -0.39 is 11.9 Å². The minimum Gasteiger partial charge on any atom is -0.481 e. The van der Waals surface area contributed by atoms with E-state index in [9.17, 15) is 14.7 Å². The number of carbonyl (C=O) groups excluding carboxylic acids is 1. The Hall–Kier alpha value is -1.56. The van der Waals surface area contributed by atoms with E-state index in [4.69, 9.17) is 0 Å². The van der Waals surface area contributed by atoms with Crippen molar-refractivity contribution in [1.29, 1.82) is 0 Å². The number of aryl methyl sites for hydroxylation is 1. The Bertz CT molecular complexity index is 571. The van der Waals surface area contributed by atoms with Crippen LogP contribution in [0.2, 0.25) is 0 Å². The third-order valence-corrected chi connectivity index (χ3v) is 5.80. The van der Waals surface area contributed by atoms with Crippen LogP contribution in [0.5, 0.6) is 0 Å². The maximum absolute atomic E-state index is 12.5. The number of rotatable bonds is 3. The summed E-state index contributed by atoms with van der Waals surface area (Å²) in [5, 5.41) is 12.3. The van der Waals surface area contributed by atoms with Gasteiger partial charge in [-0.15, -0.1) is 11.3 Å². The highest BCUT2D eigenvalue weighted by Gasteiger charge is 2.51. The second kappa shape index (κ2) is 5.33. The van der Waals surface area contributed by atoms with Crippen LogP contribution < -0.4 is 5.32 Å². The molecular weight excluding hydrogens is 288 g/mol. The predicted molar refractivity (Wildman–Crippen MR) is 80.4 cm³/mol. The maximum atomic E-state index is 12.5. The molecule has 2 amide bonds. The highest BCUT2D eigenvalue weighted by atomic mass is 32.1. The van der Waals surface area contributed by atoms with Crippen LogP contribution in [0, 0.1) is 12.8 Å². The number of hydrogen-bond donors (Lipinski definition) is 2. The van der Waals surface area contributed by atoms with Crippen LogP contribution in [0.15, 0.2) is 12.1 Å². The number of carbonyl (C=O) groups is 2. The molecule has 1 aromatic heterocycles. The fourth-order valence-electron chi connectivity index (χ4n) is 3.59. The molecule has 21 heavy (non-hydrogen) atoms. The van der Waals surface area contributed by atoms with Crippen molar-refractivity contribution in [1.82, 2.24) is 10.2 Å². The third kappa shape index (κ3) is 2.52. The third-order valence-electron chi connectivity index (χ3n) is 4.62. The molecule has 3 heterocycles. The molecule has 2 bridgehead atoms. The van der Waals surface area contributed by atoms with E-state index in [1.54, 1.807) is 16.2 Å². The first-order valence-corrected chi connectivity index (χ1v) is 8.17. The Kier molecular flexibility index (Phi) is 3.65. The molecule has 4 unspecified atom stereocenters. The van der Waals surface area contributed by atoms with Crippen molar-refractivity contribution in [2.24, 2.45) is 5.92 Å². The van der Waals surface area contributed by atoms with Gasteiger partial charge in [0.25, 0.3) is 0 Å². The fourth-order valence-corrected chi connectivity index (χ4v) is 4.47. The Balaban J connectivity index is 1.67. The minimum atomic E-state index is -0.776. The minimum absolute atomic E-state index is 0.0421. The van der Waals surface area contributed by atoms with Crippen LogP contribution in [0.25, 0.3) is 0 Å². The summed E-state index contributed by atoms with van der Waals surface area (Å²) in [6.45, 7) is 4.01. The summed E-state index contributed by atoms with van der Waals surface area (Å²) in [4.78, 5) is 27.9. The second-order valence-corrected chi connectivity index (χ2v) is 7.33. The molecular formula is C15H20N2O3S. The lowest BCUT2D eigenvalue weighted by Crippen LogP contribution is -2.44. The number of urea groups is 1. The zero-order chi connectivity index (χ0) is 15.1. The molecule has 0 spiro atoms. The first kappa shape index (κ1) is 14.4. The Morgan fingerprint density at radius 2 is 2.19 bits per heavy atom. The standard InChI is InChI=1S/C15H20N2O3S/c1-8-3-6-13(21-8)9(2)16-15(20)17-10-4-5-12(17)11(7-10)14(18)19/h3,6,9-12H,4-5,7H2,1-2H3,(H,16,20)(H,18,19). The van der Waals surface area contributed by atoms with E-state index in [0.717, 1.165) is 17.7 Å². The Labute approximate surface area is 128 Å². The van der Waals surface area contributed by atoms with E-state index in [0.29, 0.717) is 6.42 Å². The summed E-state index contributed by atoms with van der Waals surface area (Å²) < 4.78 is 0. The zero-order valence-electron chi connectivity index (χ0n) is 12.2. The van der Waals surface area contributed by atoms with Crippen molar-refractivity contribution >= 4 is 23.3 Å². The first-order chi connectivity index (χ1) is 9.97. The monoisotopic (exact) mass is 308 g/mol. The molecule has 2 fully saturated rings. The van der Waals surface area contributed by atoms with Crippen LogP contribution >= 0.6 is 11.3 Å². The lowest BCUT2D eigenvalue weighted by molar-refractivity contribution is -0.142. The van der Waals surface area contributed by atoms with Gasteiger partial charge in [0.2, 0.25) is 0 Å². The second-order valence-electron chi connectivity index (χ2n) is 6.01. The van der Waals surface area contributed by atoms with Crippen LogP contribution in [0.4, 0.5) is 4.79 Å². The molecule has 5 nitrogen and oxygen atoms in total. The maximum Gasteiger partial charge on any atom is 0.318 e. The summed E-state index contributed by atoms with van der Waals surface area (Å²) >= 11 is 1.68. The number of thiophene rings is 1. The van der Waals surface area contributed by atoms with Gasteiger partial charge in [0.1, 0.15) is 0 Å². The lowest BCUT2D eigenvalue weighted by Gasteiger charge is -2.25. The number of nitrogens with zero attached hydrogens (tertiary/aromatic N) is 1. The van der Waals surface area contributed by atoms with Crippen molar-refractivity contribution in [2.45, 2.75) is 51.2 Å². The van der Waals surface area contributed by atoms with Gasteiger partial charge in [-0.2, -0.15) is 0 Å². The normalized spacial score (nSPS) is 28.7. The van der Waals surface area contributed by atoms with E-state index in [1.807, 2.05) is 26.0 Å². The summed E-state index contributed by atoms with van der Waals surface area (Å²) in [7, 11) is 0. The molecule has 0 radical (unpaired) electrons. The number of nitrogens with one attached hydrogen (secondary N) is 1. The number of aliphatic carboxylic acids is 1. The molecule has 2 N–H and O–H groups in total. The molecule has 6 heteroatoms. The number of amides is 2. The van der Waals surface area contributed by atoms with Gasteiger partial charge in [-0.25, -0.2) is 4.79 Å². The topological polar surface area (TPSA) is 69.6 Å². The molecule has 4 atom stereocenters. The van der Waals surface area contributed by atoms with Gasteiger partial charge < -0.3 is 15.3 Å². The van der Waals surface area contributed by atoms with Gasteiger partial charge in [-0.05, 0) is 45.2 Å². The average Bonchev–Trinajstić information content (AvgIpc) is 3.11. The lowest BCUT2D eigenvalue weighted by atomic mass is 9.89. The molecule has 0 aliphatic carbocycles. The first-order valence-electron chi connectivity index (χ1n) is 7.35. The summed E-state index contributed by atoms with van der Waals surface area (Å²) in [6, 6.07) is 3.87. The molecule has 2 saturated heterocycles. The van der Waals surface area contributed by atoms with E-state index >= 15 is 0 Å². The van der Waals surface area contributed by atoms with Gasteiger partial charge in [0.05, 0.1) is 12.0 Å². The summed E-state index contributed by atoms with van der Waals surface area (Å²) in [6.07, 6.45) is 2.33. The number of carboxylic acids is 1. The Morgan fingerprint density at radius 3 is 2.76 bits per heavy atom. The predicted octanol–water partition coefficient (Wildman–Crippen LogP) is 2.76. The van der Waals surface area contributed by atoms with Crippen molar-refractivity contribution in [3.8, 4) is 0 Å². The van der Waals surface area contributed by atoms with Gasteiger partial charge >= 0.3 is 12.0 Å². The van der Waals surface area contributed by atoms with Crippen LogP contribution in [0.1, 0.15) is 42.0 Å². The van der Waals surface area contributed by atoms with E-state index in [2.05, 4.69) is 5.32 Å². The highest BCUT2D eigenvalue weighted by Crippen LogP contribution is 2.42. The molecule has 3 rings (SSSR count). The fraction of sp³-hybridized carbons (Fsp3) is 0.600. The molecule has 1 aromatic rings. The van der Waals surface area contributed by atoms with Crippen molar-refractivity contribution in [3.63, 3.8) is 0 Å². The van der Waals surface area contributed by atoms with Crippen LogP contribution in [0.3, 0.4) is 0 Å². The number of fused-ring (bicyclic) bond motifs is 2. The Morgan fingerprint density at radius 1 is 1.43 bits per heavy atom. The van der Waals surface area contributed by atoms with Crippen LogP contribution in [-0.4, -0.2) is 34.1 Å². The number of carboxylic acid groups (broad SMARTS) is 1. The quantitative estimate of drug-likeness (QED) is 0.902. The molecule has 114 valence electrons. The molecule has 2 aliphatic heterocycles. The molecule has 0 saturated carbocycles. The average molecular weight is 308 g/mol. The molecule has 2 aliphatic rings. The van der Waals surface area contributed by atoms with Crippen molar-refractivity contribution in [3.05, 3.63) is 21.9 Å². The van der Waals surface area contributed by atoms with Gasteiger partial charge in [-0.1, -0.05) is 0 Å². The smallest absolute Gasteiger partial charge is 0.318 e.